The quantitative estimate of drug-likeness (QED) is 0.653. The molecule has 0 amide bonds. The zero-order chi connectivity index (χ0) is 12.5. The van der Waals surface area contributed by atoms with Crippen LogP contribution in [0.1, 0.15) is 23.9 Å². The van der Waals surface area contributed by atoms with E-state index < -0.39 is 0 Å². The second kappa shape index (κ2) is 4.62. The molecular weight excluding hydrogens is 248 g/mol. The van der Waals surface area contributed by atoms with Crippen LogP contribution in [0.3, 0.4) is 0 Å². The van der Waals surface area contributed by atoms with Crippen molar-refractivity contribution in [1.29, 1.82) is 0 Å². The van der Waals surface area contributed by atoms with E-state index in [-0.39, 0.29) is 0 Å². The maximum atomic E-state index is 5.68. The Balaban J connectivity index is 2.07. The molecule has 0 spiro atoms. The zero-order valence-electron chi connectivity index (χ0n) is 10.1. The number of hydrogen-bond donors (Lipinski definition) is 2. The van der Waals surface area contributed by atoms with Gasteiger partial charge in [0.05, 0.1) is 5.69 Å². The minimum absolute atomic E-state index is 0.601. The lowest BCUT2D eigenvalue weighted by Crippen LogP contribution is -2.12. The number of fused-ring (bicyclic) bond motifs is 1. The summed E-state index contributed by atoms with van der Waals surface area (Å²) in [4.78, 5) is 8.98. The first-order chi connectivity index (χ1) is 8.81. The summed E-state index contributed by atoms with van der Waals surface area (Å²) in [6.07, 6.45) is 0.864. The van der Waals surface area contributed by atoms with Crippen molar-refractivity contribution in [2.24, 2.45) is 5.84 Å². The Labute approximate surface area is 109 Å². The number of nitrogen functional groups attached to an aromatic ring is 1. The number of aromatic nitrogens is 2. The van der Waals surface area contributed by atoms with Crippen LogP contribution in [0.25, 0.3) is 11.6 Å². The average molecular weight is 262 g/mol. The van der Waals surface area contributed by atoms with Gasteiger partial charge in [0.25, 0.3) is 0 Å². The van der Waals surface area contributed by atoms with E-state index in [2.05, 4.69) is 22.3 Å². The van der Waals surface area contributed by atoms with Crippen LogP contribution in [0.4, 0.5) is 5.82 Å². The van der Waals surface area contributed by atoms with Crippen LogP contribution in [0.15, 0.2) is 16.5 Å². The fourth-order valence-corrected chi connectivity index (χ4v) is 3.01. The highest BCUT2D eigenvalue weighted by molar-refractivity contribution is 7.98. The third kappa shape index (κ3) is 1.87. The standard InChI is InChI=1S/C12H14N4OS/c1-2-7-3-4-10(17-7)12-14-9-6-18-5-8(9)11(15-12)16-13/h3-4H,2,5-6,13H2,1H3,(H,14,15,16). The molecule has 94 valence electrons. The Morgan fingerprint density at radius 1 is 1.39 bits per heavy atom. The van der Waals surface area contributed by atoms with Gasteiger partial charge in [-0.05, 0) is 12.1 Å². The SMILES string of the molecule is CCc1ccc(-c2nc3c(c(NN)n2)CSC3)o1. The van der Waals surface area contributed by atoms with Crippen molar-refractivity contribution in [3.8, 4) is 11.6 Å². The molecule has 0 saturated carbocycles. The predicted octanol–water partition coefficient (Wildman–Crippen LogP) is 2.33. The van der Waals surface area contributed by atoms with Crippen LogP contribution in [0.5, 0.6) is 0 Å². The molecule has 0 radical (unpaired) electrons. The summed E-state index contributed by atoms with van der Waals surface area (Å²) in [5.74, 6) is 10.3. The van der Waals surface area contributed by atoms with Crippen LogP contribution in [-0.4, -0.2) is 9.97 Å². The number of hydrogen-bond acceptors (Lipinski definition) is 6. The smallest absolute Gasteiger partial charge is 0.197 e. The molecule has 3 heterocycles. The summed E-state index contributed by atoms with van der Waals surface area (Å²) < 4.78 is 5.68. The maximum Gasteiger partial charge on any atom is 0.197 e. The number of anilines is 1. The zero-order valence-corrected chi connectivity index (χ0v) is 10.9. The number of nitrogens with one attached hydrogen (secondary N) is 1. The first-order valence-electron chi connectivity index (χ1n) is 5.85. The van der Waals surface area contributed by atoms with Crippen LogP contribution < -0.4 is 11.3 Å². The fourth-order valence-electron chi connectivity index (χ4n) is 1.97. The van der Waals surface area contributed by atoms with Gasteiger partial charge in [0.2, 0.25) is 0 Å². The van der Waals surface area contributed by atoms with Gasteiger partial charge in [0.1, 0.15) is 11.6 Å². The summed E-state index contributed by atoms with van der Waals surface area (Å²) in [6, 6.07) is 3.86. The van der Waals surface area contributed by atoms with E-state index in [0.29, 0.717) is 17.4 Å². The molecule has 0 fully saturated rings. The third-order valence-corrected chi connectivity index (χ3v) is 3.92. The fraction of sp³-hybridized carbons (Fsp3) is 0.333. The van der Waals surface area contributed by atoms with Crippen molar-refractivity contribution >= 4 is 17.6 Å². The highest BCUT2D eigenvalue weighted by Crippen LogP contribution is 2.34. The molecule has 3 rings (SSSR count). The van der Waals surface area contributed by atoms with Gasteiger partial charge in [0.15, 0.2) is 11.6 Å². The number of aryl methyl sites for hydroxylation is 1. The van der Waals surface area contributed by atoms with Gasteiger partial charge < -0.3 is 9.84 Å². The van der Waals surface area contributed by atoms with E-state index >= 15 is 0 Å². The lowest BCUT2D eigenvalue weighted by molar-refractivity contribution is 0.525. The Kier molecular flexibility index (Phi) is 2.97. The monoisotopic (exact) mass is 262 g/mol. The largest absolute Gasteiger partial charge is 0.458 e. The second-order valence-corrected chi connectivity index (χ2v) is 5.06. The molecule has 0 atom stereocenters. The number of thioether (sulfide) groups is 1. The number of nitrogens with two attached hydrogens (primary N) is 1. The van der Waals surface area contributed by atoms with Crippen molar-refractivity contribution in [2.45, 2.75) is 24.9 Å². The lowest BCUT2D eigenvalue weighted by atomic mass is 10.2. The number of nitrogens with zero attached hydrogens (tertiary/aromatic N) is 2. The van der Waals surface area contributed by atoms with Crippen LogP contribution in [0.2, 0.25) is 0 Å². The predicted molar refractivity (Wildman–Crippen MR) is 71.9 cm³/mol. The first kappa shape index (κ1) is 11.6. The van der Waals surface area contributed by atoms with Gasteiger partial charge in [-0.1, -0.05) is 6.92 Å². The normalized spacial score (nSPS) is 13.7. The van der Waals surface area contributed by atoms with Crippen molar-refractivity contribution in [2.75, 3.05) is 5.43 Å². The number of furan rings is 1. The summed E-state index contributed by atoms with van der Waals surface area (Å²) in [7, 11) is 0. The van der Waals surface area contributed by atoms with Gasteiger partial charge in [-0.25, -0.2) is 15.8 Å². The van der Waals surface area contributed by atoms with Crippen LogP contribution in [0, 0.1) is 0 Å². The van der Waals surface area contributed by atoms with Crippen molar-refractivity contribution < 1.29 is 4.42 Å². The van der Waals surface area contributed by atoms with Gasteiger partial charge in [-0.15, -0.1) is 0 Å². The lowest BCUT2D eigenvalue weighted by Gasteiger charge is -2.07. The number of hydrazine groups is 1. The second-order valence-electron chi connectivity index (χ2n) is 4.08. The minimum Gasteiger partial charge on any atom is -0.458 e. The molecule has 1 aliphatic rings. The molecule has 0 aliphatic carbocycles. The van der Waals surface area contributed by atoms with E-state index in [1.807, 2.05) is 23.9 Å². The minimum atomic E-state index is 0.601. The van der Waals surface area contributed by atoms with Crippen LogP contribution >= 0.6 is 11.8 Å². The van der Waals surface area contributed by atoms with E-state index in [1.165, 1.54) is 0 Å². The summed E-state index contributed by atoms with van der Waals surface area (Å²) in [5.41, 5.74) is 4.81. The Morgan fingerprint density at radius 2 is 2.28 bits per heavy atom. The van der Waals surface area contributed by atoms with Gasteiger partial charge >= 0.3 is 0 Å². The van der Waals surface area contributed by atoms with E-state index in [4.69, 9.17) is 10.3 Å². The summed E-state index contributed by atoms with van der Waals surface area (Å²) in [5, 5.41) is 0. The van der Waals surface area contributed by atoms with E-state index in [9.17, 15) is 0 Å². The third-order valence-electron chi connectivity index (χ3n) is 2.95. The molecule has 2 aromatic rings. The average Bonchev–Trinajstić information content (AvgIpc) is 3.05. The van der Waals surface area contributed by atoms with Crippen molar-refractivity contribution in [3.05, 3.63) is 29.2 Å². The molecule has 2 aromatic heterocycles. The highest BCUT2D eigenvalue weighted by Gasteiger charge is 2.20. The molecule has 5 nitrogen and oxygen atoms in total. The molecule has 0 unspecified atom stereocenters. The maximum absolute atomic E-state index is 5.68. The molecule has 0 aromatic carbocycles. The Bertz CT molecular complexity index is 581. The number of rotatable bonds is 3. The van der Waals surface area contributed by atoms with Gasteiger partial charge in [0, 0.05) is 23.5 Å². The van der Waals surface area contributed by atoms with Crippen molar-refractivity contribution in [1.82, 2.24) is 9.97 Å². The Hall–Kier alpha value is -1.53. The molecule has 6 heteroatoms. The van der Waals surface area contributed by atoms with Gasteiger partial charge in [-0.3, -0.25) is 0 Å². The molecule has 3 N–H and O–H groups in total. The first-order valence-corrected chi connectivity index (χ1v) is 7.00. The molecule has 1 aliphatic heterocycles. The molecular formula is C12H14N4OS. The highest BCUT2D eigenvalue weighted by atomic mass is 32.2. The van der Waals surface area contributed by atoms with Crippen molar-refractivity contribution in [3.63, 3.8) is 0 Å². The molecule has 0 saturated heterocycles. The van der Waals surface area contributed by atoms with E-state index in [1.54, 1.807) is 0 Å². The molecule has 0 bridgehead atoms. The Morgan fingerprint density at radius 3 is 3.00 bits per heavy atom. The topological polar surface area (TPSA) is 77.0 Å². The summed E-state index contributed by atoms with van der Waals surface area (Å²) >= 11 is 1.82. The molecule has 18 heavy (non-hydrogen) atoms. The van der Waals surface area contributed by atoms with Gasteiger partial charge in [-0.2, -0.15) is 11.8 Å². The summed E-state index contributed by atoms with van der Waals surface area (Å²) in [6.45, 7) is 2.05. The van der Waals surface area contributed by atoms with E-state index in [0.717, 1.165) is 34.9 Å². The van der Waals surface area contributed by atoms with Crippen LogP contribution in [-0.2, 0) is 17.9 Å².